The van der Waals surface area contributed by atoms with Crippen LogP contribution in [0.5, 0.6) is 5.75 Å². The molecule has 0 atom stereocenters. The number of rotatable bonds is 4. The molecule has 2 nitrogen and oxygen atoms in total. The van der Waals surface area contributed by atoms with Gasteiger partial charge in [-0.1, -0.05) is 17.7 Å². The zero-order chi connectivity index (χ0) is 14.7. The number of nitrogens with two attached hydrogens (primary N) is 1. The van der Waals surface area contributed by atoms with Crippen molar-refractivity contribution in [1.82, 2.24) is 0 Å². The maximum absolute atomic E-state index is 13.6. The first-order chi connectivity index (χ1) is 9.51. The van der Waals surface area contributed by atoms with Crippen molar-refractivity contribution in [2.75, 3.05) is 0 Å². The van der Waals surface area contributed by atoms with Gasteiger partial charge in [0.1, 0.15) is 12.4 Å². The number of hydrogen-bond donors (Lipinski definition) is 1. The lowest BCUT2D eigenvalue weighted by atomic mass is 10.2. The molecular weight excluding hydrogens is 291 g/mol. The zero-order valence-corrected chi connectivity index (χ0v) is 11.1. The second-order valence-electron chi connectivity index (χ2n) is 4.13. The molecule has 2 aromatic rings. The highest BCUT2D eigenvalue weighted by Crippen LogP contribution is 2.25. The Hall–Kier alpha value is -1.72. The van der Waals surface area contributed by atoms with Gasteiger partial charge in [-0.15, -0.1) is 0 Å². The second-order valence-corrected chi connectivity index (χ2v) is 4.54. The Bertz CT molecular complexity index is 611. The second kappa shape index (κ2) is 6.15. The maximum atomic E-state index is 13.6. The minimum absolute atomic E-state index is 0.0295. The Morgan fingerprint density at radius 1 is 0.950 bits per heavy atom. The van der Waals surface area contributed by atoms with Crippen molar-refractivity contribution in [2.45, 2.75) is 13.2 Å². The van der Waals surface area contributed by atoms with Crippen molar-refractivity contribution >= 4 is 11.6 Å². The summed E-state index contributed by atoms with van der Waals surface area (Å²) in [7, 11) is 0. The van der Waals surface area contributed by atoms with Gasteiger partial charge in [0.2, 0.25) is 0 Å². The molecule has 106 valence electrons. The molecule has 0 bridgehead atoms. The van der Waals surface area contributed by atoms with Crippen molar-refractivity contribution < 1.29 is 17.9 Å². The molecule has 0 aliphatic heterocycles. The fraction of sp³-hybridized carbons (Fsp3) is 0.143. The predicted octanol–water partition coefficient (Wildman–Crippen LogP) is 3.80. The molecule has 20 heavy (non-hydrogen) atoms. The Kier molecular flexibility index (Phi) is 4.52. The van der Waals surface area contributed by atoms with Crippen LogP contribution in [-0.4, -0.2) is 0 Å². The molecule has 0 fully saturated rings. The van der Waals surface area contributed by atoms with Crippen molar-refractivity contribution in [1.29, 1.82) is 0 Å². The smallest absolute Gasteiger partial charge is 0.191 e. The van der Waals surface area contributed by atoms with E-state index in [1.165, 1.54) is 12.1 Å². The van der Waals surface area contributed by atoms with Crippen LogP contribution in [0, 0.1) is 17.5 Å². The van der Waals surface area contributed by atoms with Gasteiger partial charge in [0.05, 0.1) is 5.02 Å². The van der Waals surface area contributed by atoms with E-state index in [0.29, 0.717) is 11.1 Å². The van der Waals surface area contributed by atoms with E-state index < -0.39 is 23.2 Å². The molecule has 0 amide bonds. The molecular formula is C14H11ClF3NO. The first-order valence-electron chi connectivity index (χ1n) is 5.76. The number of halogens is 4. The lowest BCUT2D eigenvalue weighted by Crippen LogP contribution is -2.03. The monoisotopic (exact) mass is 301 g/mol. The summed E-state index contributed by atoms with van der Waals surface area (Å²) >= 11 is 5.61. The van der Waals surface area contributed by atoms with E-state index in [4.69, 9.17) is 22.1 Å². The number of benzene rings is 2. The molecule has 0 unspecified atom stereocenters. The lowest BCUT2D eigenvalue weighted by molar-refractivity contribution is 0.273. The summed E-state index contributed by atoms with van der Waals surface area (Å²) in [4.78, 5) is 0. The summed E-state index contributed by atoms with van der Waals surface area (Å²) in [6, 6.07) is 6.13. The lowest BCUT2D eigenvalue weighted by Gasteiger charge is -2.10. The number of hydrogen-bond acceptors (Lipinski definition) is 2. The maximum Gasteiger partial charge on any atom is 0.191 e. The molecule has 0 aliphatic rings. The summed E-state index contributed by atoms with van der Waals surface area (Å²) < 4.78 is 45.3. The van der Waals surface area contributed by atoms with Crippen molar-refractivity contribution in [3.8, 4) is 5.75 Å². The zero-order valence-electron chi connectivity index (χ0n) is 10.3. The van der Waals surface area contributed by atoms with E-state index in [1.807, 2.05) is 0 Å². The van der Waals surface area contributed by atoms with Crippen molar-refractivity contribution in [3.05, 3.63) is 63.9 Å². The van der Waals surface area contributed by atoms with Gasteiger partial charge in [0, 0.05) is 6.54 Å². The van der Waals surface area contributed by atoms with E-state index in [9.17, 15) is 13.2 Å². The van der Waals surface area contributed by atoms with Gasteiger partial charge < -0.3 is 10.5 Å². The molecule has 0 aromatic heterocycles. The summed E-state index contributed by atoms with van der Waals surface area (Å²) in [5, 5.41) is -0.0782. The summed E-state index contributed by atoms with van der Waals surface area (Å²) in [6.45, 7) is -0.0997. The van der Waals surface area contributed by atoms with Crippen molar-refractivity contribution in [2.24, 2.45) is 5.73 Å². The first kappa shape index (κ1) is 14.7. The average molecular weight is 302 g/mol. The summed E-state index contributed by atoms with van der Waals surface area (Å²) in [5.74, 6) is -2.74. The Labute approximate surface area is 118 Å². The van der Waals surface area contributed by atoms with E-state index in [0.717, 1.165) is 18.2 Å². The minimum atomic E-state index is -0.835. The Morgan fingerprint density at radius 3 is 2.15 bits per heavy atom. The highest BCUT2D eigenvalue weighted by atomic mass is 35.5. The predicted molar refractivity (Wildman–Crippen MR) is 70.0 cm³/mol. The molecule has 6 heteroatoms. The summed E-state index contributed by atoms with van der Waals surface area (Å²) in [6.07, 6.45) is 0. The van der Waals surface area contributed by atoms with Crippen LogP contribution in [0.4, 0.5) is 13.2 Å². The van der Waals surface area contributed by atoms with Crippen LogP contribution in [0.3, 0.4) is 0 Å². The number of ether oxygens (including phenoxy) is 1. The normalized spacial score (nSPS) is 10.7. The van der Waals surface area contributed by atoms with Crippen LogP contribution in [0.15, 0.2) is 30.3 Å². The first-order valence-corrected chi connectivity index (χ1v) is 6.13. The molecule has 0 radical (unpaired) electrons. The highest BCUT2D eigenvalue weighted by molar-refractivity contribution is 6.30. The minimum Gasteiger partial charge on any atom is -0.483 e. The fourth-order valence-electron chi connectivity index (χ4n) is 1.65. The van der Waals surface area contributed by atoms with Crippen LogP contribution in [-0.2, 0) is 13.2 Å². The fourth-order valence-corrected chi connectivity index (χ4v) is 1.86. The average Bonchev–Trinajstić information content (AvgIpc) is 2.41. The van der Waals surface area contributed by atoms with Crippen LogP contribution < -0.4 is 10.5 Å². The molecule has 0 heterocycles. The third-order valence-electron chi connectivity index (χ3n) is 2.66. The Morgan fingerprint density at radius 2 is 1.60 bits per heavy atom. The van der Waals surface area contributed by atoms with Gasteiger partial charge in [-0.25, -0.2) is 13.2 Å². The standard InChI is InChI=1S/C14H11ClF3NO/c15-10-3-8(1-2-11(10)16)7-20-14-12(17)4-9(6-19)5-13(14)18/h1-5H,6-7,19H2. The third kappa shape index (κ3) is 3.23. The molecule has 2 aromatic carbocycles. The Balaban J connectivity index is 2.16. The summed E-state index contributed by atoms with van der Waals surface area (Å²) in [5.41, 5.74) is 6.14. The largest absolute Gasteiger partial charge is 0.483 e. The van der Waals surface area contributed by atoms with Gasteiger partial charge in [-0.05, 0) is 35.4 Å². The van der Waals surface area contributed by atoms with Crippen LogP contribution in [0.25, 0.3) is 0 Å². The van der Waals surface area contributed by atoms with Gasteiger partial charge in [-0.3, -0.25) is 0 Å². The molecule has 2 rings (SSSR count). The molecule has 0 spiro atoms. The van der Waals surface area contributed by atoms with E-state index in [2.05, 4.69) is 0 Å². The van der Waals surface area contributed by atoms with E-state index in [1.54, 1.807) is 0 Å². The quantitative estimate of drug-likeness (QED) is 0.932. The van der Waals surface area contributed by atoms with Crippen LogP contribution in [0.1, 0.15) is 11.1 Å². The topological polar surface area (TPSA) is 35.2 Å². The van der Waals surface area contributed by atoms with Gasteiger partial charge in [0.15, 0.2) is 17.4 Å². The SMILES string of the molecule is NCc1cc(F)c(OCc2ccc(F)c(Cl)c2)c(F)c1. The van der Waals surface area contributed by atoms with E-state index >= 15 is 0 Å². The molecule has 2 N–H and O–H groups in total. The van der Waals surface area contributed by atoms with Gasteiger partial charge >= 0.3 is 0 Å². The van der Waals surface area contributed by atoms with Crippen LogP contribution >= 0.6 is 11.6 Å². The molecule has 0 saturated heterocycles. The molecule has 0 aliphatic carbocycles. The van der Waals surface area contributed by atoms with Crippen molar-refractivity contribution in [3.63, 3.8) is 0 Å². The van der Waals surface area contributed by atoms with Gasteiger partial charge in [0.25, 0.3) is 0 Å². The van der Waals surface area contributed by atoms with E-state index in [-0.39, 0.29) is 18.2 Å². The van der Waals surface area contributed by atoms with Gasteiger partial charge in [-0.2, -0.15) is 0 Å². The van der Waals surface area contributed by atoms with Crippen LogP contribution in [0.2, 0.25) is 5.02 Å². The third-order valence-corrected chi connectivity index (χ3v) is 2.95. The highest BCUT2D eigenvalue weighted by Gasteiger charge is 2.12. The molecule has 0 saturated carbocycles.